The number of nitrogens with one attached hydrogen (secondary N) is 2. The molecule has 4 aromatic rings. The Kier molecular flexibility index (Phi) is 2.50. The summed E-state index contributed by atoms with van der Waals surface area (Å²) in [4.78, 5) is 17.3. The molecule has 0 bridgehead atoms. The maximum Gasteiger partial charge on any atom is 0.335 e. The summed E-state index contributed by atoms with van der Waals surface area (Å²) in [5, 5.41) is 20.6. The number of aromatic hydroxyl groups is 1. The van der Waals surface area contributed by atoms with Gasteiger partial charge in [0.25, 0.3) is 0 Å². The first-order valence-electron chi connectivity index (χ1n) is 6.78. The molecule has 2 aromatic carbocycles. The molecule has 0 fully saturated rings. The van der Waals surface area contributed by atoms with Crippen molar-refractivity contribution in [1.29, 1.82) is 0 Å². The highest BCUT2D eigenvalue weighted by Gasteiger charge is 2.13. The van der Waals surface area contributed by atoms with E-state index in [-0.39, 0.29) is 11.3 Å². The fourth-order valence-corrected chi connectivity index (χ4v) is 2.81. The number of aromatic nitrogens is 2. The van der Waals surface area contributed by atoms with Crippen LogP contribution < -0.4 is 0 Å². The van der Waals surface area contributed by atoms with Crippen LogP contribution in [-0.4, -0.2) is 26.2 Å². The molecule has 0 saturated heterocycles. The summed E-state index contributed by atoms with van der Waals surface area (Å²) in [6.07, 6.45) is 3.74. The Morgan fingerprint density at radius 3 is 2.36 bits per heavy atom. The van der Waals surface area contributed by atoms with Crippen molar-refractivity contribution < 1.29 is 15.0 Å². The normalized spacial score (nSPS) is 11.3. The molecule has 0 aliphatic heterocycles. The van der Waals surface area contributed by atoms with Gasteiger partial charge in [-0.15, -0.1) is 0 Å². The number of carboxylic acid groups (broad SMARTS) is 1. The molecule has 0 amide bonds. The molecule has 0 atom stereocenters. The molecule has 4 N–H and O–H groups in total. The highest BCUT2D eigenvalue weighted by atomic mass is 16.4. The first-order chi connectivity index (χ1) is 10.6. The molecule has 5 nitrogen and oxygen atoms in total. The van der Waals surface area contributed by atoms with Crippen LogP contribution in [0.3, 0.4) is 0 Å². The van der Waals surface area contributed by atoms with Crippen molar-refractivity contribution in [2.24, 2.45) is 0 Å². The van der Waals surface area contributed by atoms with Gasteiger partial charge in [0.05, 0.1) is 5.56 Å². The Morgan fingerprint density at radius 2 is 1.59 bits per heavy atom. The minimum absolute atomic E-state index is 0.210. The number of aromatic carboxylic acids is 1. The van der Waals surface area contributed by atoms with E-state index in [0.717, 1.165) is 32.9 Å². The second-order valence-corrected chi connectivity index (χ2v) is 5.20. The highest BCUT2D eigenvalue weighted by molar-refractivity contribution is 6.06. The van der Waals surface area contributed by atoms with Crippen LogP contribution >= 0.6 is 0 Å². The van der Waals surface area contributed by atoms with Gasteiger partial charge in [-0.25, -0.2) is 4.79 Å². The van der Waals surface area contributed by atoms with Gasteiger partial charge in [-0.2, -0.15) is 0 Å². The van der Waals surface area contributed by atoms with Gasteiger partial charge in [-0.05, 0) is 30.3 Å². The number of aromatic amines is 2. The molecule has 0 radical (unpaired) electrons. The summed E-state index contributed by atoms with van der Waals surface area (Å²) in [7, 11) is 0. The minimum Gasteiger partial charge on any atom is -0.508 e. The predicted molar refractivity (Wildman–Crippen MR) is 84.2 cm³/mol. The fourth-order valence-electron chi connectivity index (χ4n) is 2.81. The predicted octanol–water partition coefficient (Wildman–Crippen LogP) is 3.72. The van der Waals surface area contributed by atoms with E-state index in [1.54, 1.807) is 30.3 Å². The Bertz CT molecular complexity index is 1030. The zero-order chi connectivity index (χ0) is 15.3. The molecular weight excluding hydrogens is 280 g/mol. The number of phenols is 1. The molecule has 4 rings (SSSR count). The number of carbonyl (C=O) groups is 1. The Hall–Kier alpha value is -3.21. The topological polar surface area (TPSA) is 89.1 Å². The van der Waals surface area contributed by atoms with Crippen LogP contribution in [0.15, 0.2) is 48.8 Å². The number of rotatable bonds is 2. The van der Waals surface area contributed by atoms with Crippen LogP contribution in [0, 0.1) is 0 Å². The van der Waals surface area contributed by atoms with E-state index in [4.69, 9.17) is 5.11 Å². The van der Waals surface area contributed by atoms with Crippen molar-refractivity contribution in [2.75, 3.05) is 0 Å². The van der Waals surface area contributed by atoms with Gasteiger partial charge >= 0.3 is 5.97 Å². The van der Waals surface area contributed by atoms with Gasteiger partial charge in [0, 0.05) is 45.3 Å². The second kappa shape index (κ2) is 4.39. The number of H-pyrrole nitrogens is 2. The lowest BCUT2D eigenvalue weighted by molar-refractivity contribution is 0.0697. The quantitative estimate of drug-likeness (QED) is 0.454. The number of carboxylic acids is 1. The van der Waals surface area contributed by atoms with Crippen molar-refractivity contribution >= 4 is 27.8 Å². The zero-order valence-corrected chi connectivity index (χ0v) is 11.4. The van der Waals surface area contributed by atoms with Crippen LogP contribution in [0.25, 0.3) is 32.9 Å². The summed E-state index contributed by atoms with van der Waals surface area (Å²) in [5.41, 5.74) is 3.87. The van der Waals surface area contributed by atoms with E-state index in [9.17, 15) is 9.90 Å². The summed E-state index contributed by atoms with van der Waals surface area (Å²) in [6, 6.07) is 10.2. The first kappa shape index (κ1) is 12.5. The molecule has 0 spiro atoms. The van der Waals surface area contributed by atoms with Gasteiger partial charge in [0.15, 0.2) is 0 Å². The summed E-state index contributed by atoms with van der Waals surface area (Å²) >= 11 is 0. The number of hydrogen-bond acceptors (Lipinski definition) is 2. The van der Waals surface area contributed by atoms with Gasteiger partial charge in [0.1, 0.15) is 5.75 Å². The molecular formula is C17H12N2O3. The largest absolute Gasteiger partial charge is 0.508 e. The second-order valence-electron chi connectivity index (χ2n) is 5.20. The number of hydrogen-bond donors (Lipinski definition) is 4. The van der Waals surface area contributed by atoms with E-state index in [1.165, 1.54) is 0 Å². The third-order valence-corrected chi connectivity index (χ3v) is 3.88. The zero-order valence-electron chi connectivity index (χ0n) is 11.4. The lowest BCUT2D eigenvalue weighted by Crippen LogP contribution is -1.94. The van der Waals surface area contributed by atoms with Crippen LogP contribution in [0.4, 0.5) is 0 Å². The van der Waals surface area contributed by atoms with Crippen LogP contribution in [0.1, 0.15) is 10.4 Å². The van der Waals surface area contributed by atoms with E-state index < -0.39 is 5.97 Å². The van der Waals surface area contributed by atoms with Crippen LogP contribution in [-0.2, 0) is 0 Å². The molecule has 108 valence electrons. The lowest BCUT2D eigenvalue weighted by atomic mass is 10.0. The Morgan fingerprint density at radius 1 is 0.864 bits per heavy atom. The molecule has 2 heterocycles. The van der Waals surface area contributed by atoms with Crippen molar-refractivity contribution in [3.63, 3.8) is 0 Å². The molecule has 0 aliphatic carbocycles. The van der Waals surface area contributed by atoms with Gasteiger partial charge in [-0.3, -0.25) is 0 Å². The SMILES string of the molecule is O=C(O)c1ccc2c(-c3c[nH]c4ccc(O)cc34)c[nH]c2c1. The molecule has 5 heteroatoms. The molecule has 0 unspecified atom stereocenters. The Balaban J connectivity index is 1.96. The molecule has 0 aliphatic rings. The van der Waals surface area contributed by atoms with Crippen LogP contribution in [0.2, 0.25) is 0 Å². The van der Waals surface area contributed by atoms with Gasteiger partial charge in [0.2, 0.25) is 0 Å². The molecule has 0 saturated carbocycles. The maximum atomic E-state index is 11.0. The average molecular weight is 292 g/mol. The third-order valence-electron chi connectivity index (χ3n) is 3.88. The van der Waals surface area contributed by atoms with E-state index in [0.29, 0.717) is 0 Å². The average Bonchev–Trinajstić information content (AvgIpc) is 3.09. The minimum atomic E-state index is -0.949. The van der Waals surface area contributed by atoms with Crippen molar-refractivity contribution in [3.05, 3.63) is 54.4 Å². The highest BCUT2D eigenvalue weighted by Crippen LogP contribution is 2.35. The maximum absolute atomic E-state index is 11.0. The third kappa shape index (κ3) is 1.76. The molecule has 22 heavy (non-hydrogen) atoms. The number of benzene rings is 2. The molecule has 2 aromatic heterocycles. The van der Waals surface area contributed by atoms with Gasteiger partial charge < -0.3 is 20.2 Å². The number of phenolic OH excluding ortho intramolecular Hbond substituents is 1. The van der Waals surface area contributed by atoms with Crippen molar-refractivity contribution in [2.45, 2.75) is 0 Å². The van der Waals surface area contributed by atoms with Crippen LogP contribution in [0.5, 0.6) is 5.75 Å². The summed E-state index contributed by atoms with van der Waals surface area (Å²) in [6.45, 7) is 0. The summed E-state index contributed by atoms with van der Waals surface area (Å²) < 4.78 is 0. The summed E-state index contributed by atoms with van der Waals surface area (Å²) in [5.74, 6) is -0.739. The van der Waals surface area contributed by atoms with E-state index in [1.807, 2.05) is 18.5 Å². The van der Waals surface area contributed by atoms with Gasteiger partial charge in [-0.1, -0.05) is 6.07 Å². The monoisotopic (exact) mass is 292 g/mol. The van der Waals surface area contributed by atoms with Crippen molar-refractivity contribution in [1.82, 2.24) is 9.97 Å². The van der Waals surface area contributed by atoms with Crippen molar-refractivity contribution in [3.8, 4) is 16.9 Å². The Labute approximate surface area is 124 Å². The van der Waals surface area contributed by atoms with E-state index >= 15 is 0 Å². The fraction of sp³-hybridized carbons (Fsp3) is 0. The number of fused-ring (bicyclic) bond motifs is 2. The first-order valence-corrected chi connectivity index (χ1v) is 6.78. The van der Waals surface area contributed by atoms with E-state index in [2.05, 4.69) is 9.97 Å². The standard InChI is InChI=1S/C17H12N2O3/c20-10-2-4-15-12(6-10)14(8-18-15)13-7-19-16-5-9(17(21)22)1-3-11(13)16/h1-8,18-20H,(H,21,22). The smallest absolute Gasteiger partial charge is 0.335 e. The lowest BCUT2D eigenvalue weighted by Gasteiger charge is -2.00.